The van der Waals surface area contributed by atoms with Crippen LogP contribution in [0.15, 0.2) is 36.7 Å². The number of aromatic amines is 1. The van der Waals surface area contributed by atoms with Gasteiger partial charge in [-0.25, -0.2) is 0 Å². The fourth-order valence-corrected chi connectivity index (χ4v) is 2.28. The molecule has 2 aromatic rings. The number of nitrogens with one attached hydrogen (secondary N) is 1. The predicted molar refractivity (Wildman–Crippen MR) is 66.3 cm³/mol. The fraction of sp³-hybridized carbons (Fsp3) is 0.231. The SMILES string of the molecule is O=C(c1cn[nH]c1)N1CCC(O)c2ccccc21. The number of fused-ring (bicyclic) bond motifs is 1. The molecule has 2 N–H and O–H groups in total. The average molecular weight is 243 g/mol. The van der Waals surface area contributed by atoms with E-state index in [4.69, 9.17) is 0 Å². The molecule has 5 heteroatoms. The Bertz CT molecular complexity index is 565. The number of H-pyrrole nitrogens is 1. The van der Waals surface area contributed by atoms with Gasteiger partial charge in [0.2, 0.25) is 0 Å². The van der Waals surface area contributed by atoms with E-state index in [-0.39, 0.29) is 5.91 Å². The molecule has 92 valence electrons. The van der Waals surface area contributed by atoms with E-state index in [0.717, 1.165) is 11.3 Å². The number of benzene rings is 1. The predicted octanol–water partition coefficient (Wildman–Crippen LogP) is 1.49. The van der Waals surface area contributed by atoms with Crippen molar-refractivity contribution in [2.24, 2.45) is 0 Å². The monoisotopic (exact) mass is 243 g/mol. The quantitative estimate of drug-likeness (QED) is 0.797. The molecule has 0 bridgehead atoms. The first-order chi connectivity index (χ1) is 8.77. The van der Waals surface area contributed by atoms with E-state index in [1.165, 1.54) is 6.20 Å². The largest absolute Gasteiger partial charge is 0.388 e. The molecule has 1 atom stereocenters. The van der Waals surface area contributed by atoms with Gasteiger partial charge in [-0.1, -0.05) is 18.2 Å². The third kappa shape index (κ3) is 1.69. The number of aliphatic hydroxyl groups is 1. The summed E-state index contributed by atoms with van der Waals surface area (Å²) in [4.78, 5) is 14.0. The molecule has 0 spiro atoms. The molecule has 0 fully saturated rings. The van der Waals surface area contributed by atoms with Crippen molar-refractivity contribution in [1.29, 1.82) is 0 Å². The molecule has 1 aliphatic rings. The molecule has 1 aromatic carbocycles. The first kappa shape index (κ1) is 11.0. The van der Waals surface area contributed by atoms with Crippen molar-refractivity contribution < 1.29 is 9.90 Å². The summed E-state index contributed by atoms with van der Waals surface area (Å²) in [5.74, 6) is -0.0944. The van der Waals surface area contributed by atoms with E-state index in [2.05, 4.69) is 10.2 Å². The number of aromatic nitrogens is 2. The summed E-state index contributed by atoms with van der Waals surface area (Å²) in [5.41, 5.74) is 2.12. The van der Waals surface area contributed by atoms with Gasteiger partial charge in [0.15, 0.2) is 0 Å². The zero-order valence-corrected chi connectivity index (χ0v) is 9.71. The van der Waals surface area contributed by atoms with Gasteiger partial charge in [-0.15, -0.1) is 0 Å². The van der Waals surface area contributed by atoms with Crippen molar-refractivity contribution in [2.75, 3.05) is 11.4 Å². The summed E-state index contributed by atoms with van der Waals surface area (Å²) in [5, 5.41) is 16.4. The Morgan fingerprint density at radius 2 is 2.28 bits per heavy atom. The van der Waals surface area contributed by atoms with Gasteiger partial charge in [-0.05, 0) is 12.5 Å². The van der Waals surface area contributed by atoms with Crippen LogP contribution in [0, 0.1) is 0 Å². The maximum atomic E-state index is 12.3. The van der Waals surface area contributed by atoms with Crippen LogP contribution in [0.2, 0.25) is 0 Å². The normalized spacial score (nSPS) is 18.5. The highest BCUT2D eigenvalue weighted by atomic mass is 16.3. The van der Waals surface area contributed by atoms with Crippen molar-refractivity contribution in [3.8, 4) is 0 Å². The second kappa shape index (κ2) is 4.27. The third-order valence-corrected chi connectivity index (χ3v) is 3.20. The van der Waals surface area contributed by atoms with Crippen LogP contribution in [-0.4, -0.2) is 27.8 Å². The molecule has 2 heterocycles. The van der Waals surface area contributed by atoms with Crippen LogP contribution in [0.3, 0.4) is 0 Å². The second-order valence-corrected chi connectivity index (χ2v) is 4.31. The lowest BCUT2D eigenvalue weighted by molar-refractivity contribution is 0.0970. The molecule has 3 rings (SSSR count). The first-order valence-corrected chi connectivity index (χ1v) is 5.85. The van der Waals surface area contributed by atoms with Crippen LogP contribution in [-0.2, 0) is 0 Å². The molecule has 1 unspecified atom stereocenters. The zero-order valence-electron chi connectivity index (χ0n) is 9.71. The molecule has 0 saturated heterocycles. The lowest BCUT2D eigenvalue weighted by Gasteiger charge is -2.31. The van der Waals surface area contributed by atoms with E-state index in [1.54, 1.807) is 11.1 Å². The van der Waals surface area contributed by atoms with E-state index in [9.17, 15) is 9.90 Å². The van der Waals surface area contributed by atoms with E-state index in [1.807, 2.05) is 24.3 Å². The van der Waals surface area contributed by atoms with Crippen molar-refractivity contribution in [2.45, 2.75) is 12.5 Å². The molecule has 5 nitrogen and oxygen atoms in total. The Morgan fingerprint density at radius 1 is 1.44 bits per heavy atom. The molecular formula is C13H13N3O2. The van der Waals surface area contributed by atoms with E-state index >= 15 is 0 Å². The number of carbonyl (C=O) groups excluding carboxylic acids is 1. The van der Waals surface area contributed by atoms with Gasteiger partial charge < -0.3 is 10.0 Å². The molecule has 0 saturated carbocycles. The molecule has 18 heavy (non-hydrogen) atoms. The fourth-order valence-electron chi connectivity index (χ4n) is 2.28. The van der Waals surface area contributed by atoms with Crippen LogP contribution in [0.5, 0.6) is 0 Å². The van der Waals surface area contributed by atoms with E-state index in [0.29, 0.717) is 18.5 Å². The van der Waals surface area contributed by atoms with Gasteiger partial charge >= 0.3 is 0 Å². The van der Waals surface area contributed by atoms with Crippen LogP contribution in [0.25, 0.3) is 0 Å². The Kier molecular flexibility index (Phi) is 2.60. The highest BCUT2D eigenvalue weighted by Crippen LogP contribution is 2.34. The smallest absolute Gasteiger partial charge is 0.261 e. The van der Waals surface area contributed by atoms with Crippen LogP contribution >= 0.6 is 0 Å². The molecule has 0 radical (unpaired) electrons. The number of carbonyl (C=O) groups is 1. The van der Waals surface area contributed by atoms with Crippen molar-refractivity contribution in [3.63, 3.8) is 0 Å². The van der Waals surface area contributed by atoms with Gasteiger partial charge in [0.05, 0.1) is 17.9 Å². The maximum absolute atomic E-state index is 12.3. The molecule has 1 amide bonds. The van der Waals surface area contributed by atoms with Gasteiger partial charge in [-0.3, -0.25) is 9.89 Å². The van der Waals surface area contributed by atoms with Gasteiger partial charge in [-0.2, -0.15) is 5.10 Å². The molecule has 1 aliphatic heterocycles. The highest BCUT2D eigenvalue weighted by molar-refractivity contribution is 6.06. The number of hydrogen-bond acceptors (Lipinski definition) is 3. The maximum Gasteiger partial charge on any atom is 0.261 e. The minimum atomic E-state index is -0.491. The number of nitrogens with zero attached hydrogens (tertiary/aromatic N) is 2. The summed E-state index contributed by atoms with van der Waals surface area (Å²) >= 11 is 0. The number of hydrogen-bond donors (Lipinski definition) is 2. The highest BCUT2D eigenvalue weighted by Gasteiger charge is 2.28. The number of aliphatic hydroxyl groups excluding tert-OH is 1. The van der Waals surface area contributed by atoms with Crippen LogP contribution in [0.4, 0.5) is 5.69 Å². The Balaban J connectivity index is 2.00. The number of para-hydroxylation sites is 1. The van der Waals surface area contributed by atoms with Crippen LogP contribution in [0.1, 0.15) is 28.4 Å². The Morgan fingerprint density at radius 3 is 3.06 bits per heavy atom. The molecule has 1 aromatic heterocycles. The Labute approximate surface area is 104 Å². The average Bonchev–Trinajstić information content (AvgIpc) is 2.93. The number of anilines is 1. The minimum absolute atomic E-state index is 0.0944. The van der Waals surface area contributed by atoms with Crippen molar-refractivity contribution in [1.82, 2.24) is 10.2 Å². The lowest BCUT2D eigenvalue weighted by Crippen LogP contribution is -2.36. The first-order valence-electron chi connectivity index (χ1n) is 5.85. The zero-order chi connectivity index (χ0) is 12.5. The van der Waals surface area contributed by atoms with E-state index < -0.39 is 6.10 Å². The number of rotatable bonds is 1. The second-order valence-electron chi connectivity index (χ2n) is 4.31. The van der Waals surface area contributed by atoms with Crippen molar-refractivity contribution >= 4 is 11.6 Å². The summed E-state index contributed by atoms with van der Waals surface area (Å²) in [6.45, 7) is 0.516. The third-order valence-electron chi connectivity index (χ3n) is 3.20. The van der Waals surface area contributed by atoms with Gasteiger partial charge in [0, 0.05) is 24.0 Å². The van der Waals surface area contributed by atoms with Gasteiger partial charge in [0.25, 0.3) is 5.91 Å². The Hall–Kier alpha value is -2.14. The minimum Gasteiger partial charge on any atom is -0.388 e. The van der Waals surface area contributed by atoms with Crippen molar-refractivity contribution in [3.05, 3.63) is 47.8 Å². The molecule has 0 aliphatic carbocycles. The topological polar surface area (TPSA) is 69.2 Å². The summed E-state index contributed by atoms with van der Waals surface area (Å²) in [7, 11) is 0. The lowest BCUT2D eigenvalue weighted by atomic mass is 9.98. The van der Waals surface area contributed by atoms with Gasteiger partial charge in [0.1, 0.15) is 0 Å². The van der Waals surface area contributed by atoms with Crippen LogP contribution < -0.4 is 4.90 Å². The standard InChI is InChI=1S/C13H13N3O2/c17-12-5-6-16(11-4-2-1-3-10(11)12)13(18)9-7-14-15-8-9/h1-4,7-8,12,17H,5-6H2,(H,14,15). The summed E-state index contributed by atoms with van der Waals surface area (Å²) in [6, 6.07) is 7.45. The summed E-state index contributed by atoms with van der Waals surface area (Å²) < 4.78 is 0. The molecular weight excluding hydrogens is 230 g/mol. The number of amides is 1. The summed E-state index contributed by atoms with van der Waals surface area (Å²) in [6.07, 6.45) is 3.15.